The first kappa shape index (κ1) is 67.8. The zero-order valence-corrected chi connectivity index (χ0v) is 53.2. The number of unbranched alkanes of at least 4 members (excludes halogenated alkanes) is 3. The third-order valence-electron chi connectivity index (χ3n) is 16.9. The first-order valence-electron chi connectivity index (χ1n) is 29.6. The van der Waals surface area contributed by atoms with Crippen LogP contribution in [-0.4, -0.2) is 197 Å². The molecule has 5 rings (SSSR count). The van der Waals surface area contributed by atoms with Crippen LogP contribution in [0.15, 0.2) is 23.8 Å². The summed E-state index contributed by atoms with van der Waals surface area (Å²) in [6.07, 6.45) is -0.185. The molecule has 0 bridgehead atoms. The van der Waals surface area contributed by atoms with Crippen LogP contribution in [0.3, 0.4) is 0 Å². The van der Waals surface area contributed by atoms with E-state index in [9.17, 15) is 29.4 Å². The van der Waals surface area contributed by atoms with Crippen LogP contribution in [0.4, 0.5) is 0 Å². The third kappa shape index (κ3) is 17.8. The molecule has 19 nitrogen and oxygen atoms in total. The van der Waals surface area contributed by atoms with Crippen LogP contribution in [0, 0.1) is 23.7 Å². The number of aldehydes is 1. The van der Waals surface area contributed by atoms with Crippen LogP contribution in [0.25, 0.3) is 0 Å². The summed E-state index contributed by atoms with van der Waals surface area (Å²) in [6.45, 7) is 21.3. The van der Waals surface area contributed by atoms with Gasteiger partial charge in [-0.05, 0) is 32.8 Å². The van der Waals surface area contributed by atoms with E-state index in [-0.39, 0.29) is 43.9 Å². The minimum atomic E-state index is -3.50. The molecular weight excluding hydrogens is 1130 g/mol. The first-order chi connectivity index (χ1) is 37.5. The predicted octanol–water partition coefficient (Wildman–Crippen LogP) is 7.68. The summed E-state index contributed by atoms with van der Waals surface area (Å²) in [5, 5.41) is 22.9. The first-order valence-corrected chi connectivity index (χ1v) is 36.0. The van der Waals surface area contributed by atoms with Gasteiger partial charge in [-0.25, -0.2) is 0 Å². The fraction of sp³-hybridized carbons (Fsp3) is 0.864. The Morgan fingerprint density at radius 1 is 0.835 bits per heavy atom. The van der Waals surface area contributed by atoms with Gasteiger partial charge in [0.2, 0.25) is 0 Å². The van der Waals surface area contributed by atoms with Crippen LogP contribution in [0.2, 0.25) is 8.87 Å². The second-order valence-electron chi connectivity index (χ2n) is 23.6. The van der Waals surface area contributed by atoms with Crippen molar-refractivity contribution in [2.24, 2.45) is 23.7 Å². The van der Waals surface area contributed by atoms with Crippen molar-refractivity contribution in [3.8, 4) is 0 Å². The van der Waals surface area contributed by atoms with Crippen molar-refractivity contribution in [2.75, 3.05) is 34.9 Å². The number of carbonyl (C=O) groups is 4. The van der Waals surface area contributed by atoms with Crippen LogP contribution in [0.5, 0.6) is 0 Å². The molecule has 21 atom stereocenters. The number of nitrogens with zero attached hydrogens (tertiary/aromatic N) is 1. The molecule has 0 unspecified atom stereocenters. The Morgan fingerprint density at radius 2 is 1.49 bits per heavy atom. The number of cyclic esters (lactones) is 1. The number of ether oxygens (including phenoxy) is 10. The Morgan fingerprint density at radius 3 is 2.10 bits per heavy atom. The van der Waals surface area contributed by atoms with Gasteiger partial charge in [-0.15, -0.1) is 0 Å². The van der Waals surface area contributed by atoms with E-state index in [0.29, 0.717) is 24.8 Å². The number of esters is 2. The third-order valence-corrected chi connectivity index (χ3v) is 27.6. The van der Waals surface area contributed by atoms with Gasteiger partial charge in [0.1, 0.15) is 30.7 Å². The Kier molecular flexibility index (Phi) is 27.3. The van der Waals surface area contributed by atoms with Crippen molar-refractivity contribution in [1.29, 1.82) is 0 Å². The van der Waals surface area contributed by atoms with Gasteiger partial charge < -0.3 is 38.7 Å². The maximum atomic E-state index is 14.1. The van der Waals surface area contributed by atoms with Crippen LogP contribution in [0.1, 0.15) is 153 Å². The fourth-order valence-electron chi connectivity index (χ4n) is 12.4. The summed E-state index contributed by atoms with van der Waals surface area (Å²) in [7, 11) is 6.71. The molecule has 4 saturated heterocycles. The number of aliphatic hydroxyl groups excluding tert-OH is 2. The van der Waals surface area contributed by atoms with Crippen molar-refractivity contribution >= 4 is 43.2 Å². The molecule has 0 amide bonds. The Balaban J connectivity index is 1.46. The number of allylic oxidation sites excluding steroid dienone is 3. The summed E-state index contributed by atoms with van der Waals surface area (Å²) in [5.41, 5.74) is 0.0703. The van der Waals surface area contributed by atoms with Crippen molar-refractivity contribution < 1.29 is 82.9 Å². The standard InChI is InChI=1S/C51H83NO18.2C4H9.Sn/c1-14-16-17-38(56)68-45-41(52(10)11)44(69-40-25-51(9,60)48(59)32(8)64-40)31(7)66-50(45)70-43-29(5)36(55)24-39(57)67-37(15-2)34(22-27(3)18-19-35(54)28(4)23-33(43)20-21-53)26-63-49-47(62-13)46(61-12)42(58)30(6)65-49;2*1-3-4-2;/h18-19,21-22,28-34,36-37,40-50,55,58H,14-17,20,23-26H2,1-13H3;2*1,3-4H2,2H3;/q-2;;;+2/b19-18+,27-22+;;;/t28-,29+,30-,31-,32+,33+,34-,36-,37-,40+,41+,42-,43-,44-,45-,46-,47-,48+,49-,50+,51-;;;/m1.../s1. The minimum absolute atomic E-state index is 0.00576. The number of likely N-dealkylation sites (N-methyl/N-ethyl adjacent to an activating group) is 1. The van der Waals surface area contributed by atoms with Crippen LogP contribution >= 0.6 is 0 Å². The molecule has 5 aliphatic rings. The van der Waals surface area contributed by atoms with Crippen LogP contribution < -0.4 is 0 Å². The second kappa shape index (κ2) is 31.8. The fourth-order valence-corrected chi connectivity index (χ4v) is 25.1. The Labute approximate surface area is 477 Å². The molecule has 0 aromatic carbocycles. The molecule has 0 saturated carbocycles. The van der Waals surface area contributed by atoms with Gasteiger partial charge in [-0.1, -0.05) is 51.8 Å². The summed E-state index contributed by atoms with van der Waals surface area (Å²) in [4.78, 5) is 56.7. The molecule has 4 fully saturated rings. The molecule has 20 heteroatoms. The quantitative estimate of drug-likeness (QED) is 0.0569. The number of fused-ring (bicyclic) bond motifs is 1. The number of rotatable bonds is 23. The van der Waals surface area contributed by atoms with E-state index in [1.807, 2.05) is 59.7 Å². The molecule has 0 aromatic heterocycles. The van der Waals surface area contributed by atoms with Crippen molar-refractivity contribution in [2.45, 2.75) is 266 Å². The van der Waals surface area contributed by atoms with E-state index in [4.69, 9.17) is 53.5 Å². The van der Waals surface area contributed by atoms with Gasteiger partial charge in [0.15, 0.2) is 12.1 Å². The summed E-state index contributed by atoms with van der Waals surface area (Å²) < 4.78 is 80.1. The van der Waals surface area contributed by atoms with Gasteiger partial charge in [-0.2, -0.15) is 0 Å². The molecular formula is C59H101NO18Sn. The average Bonchev–Trinajstić information content (AvgIpc) is 4.03. The van der Waals surface area contributed by atoms with Crippen molar-refractivity contribution in [3.05, 3.63) is 23.8 Å². The number of hydrogen-bond donors (Lipinski definition) is 2. The molecule has 0 spiro atoms. The van der Waals surface area contributed by atoms with Gasteiger partial charge in [0, 0.05) is 32.5 Å². The molecule has 0 radical (unpaired) electrons. The molecule has 5 heterocycles. The monoisotopic (exact) mass is 1230 g/mol. The number of aliphatic hydroxyl groups is 2. The van der Waals surface area contributed by atoms with Crippen LogP contribution in [-0.2, 0) is 72.7 Å². The summed E-state index contributed by atoms with van der Waals surface area (Å²) >= 11 is -3.50. The molecule has 0 aromatic rings. The number of ketones is 1. The SMILES string of the molecule is CCCCC(=O)O[C@H]1[C@H](O[C@H]2[C@@H](CC=O)C[C@@H](C)C(=O)/C=C/C(C)=C/[C@H](CO[C@@H]3O[C@H](C)[C@@H](O)[C@@H](OC)[C@H]3OC)[C@@H](CC)OC(=O)C[C@@H](O)[C@@H]2C)O[C@H](C)[C@@H](O[C@H]2C[C@@]3(C)[O][Sn]([CH2]CCC)([CH2]CCC)[O][C@H]3[C@H](C)O2)[C@@H]1N(C)C. The molecule has 5 aliphatic heterocycles. The average molecular weight is 1230 g/mol. The number of carbonyl (C=O) groups excluding carboxylic acids is 4. The number of hydrogen-bond acceptors (Lipinski definition) is 19. The Hall–Kier alpha value is -1.96. The van der Waals surface area contributed by atoms with E-state index >= 15 is 0 Å². The summed E-state index contributed by atoms with van der Waals surface area (Å²) in [5.74, 6) is -4.05. The zero-order chi connectivity index (χ0) is 58.4. The predicted molar refractivity (Wildman–Crippen MR) is 297 cm³/mol. The van der Waals surface area contributed by atoms with E-state index < -0.39 is 153 Å². The molecule has 0 aliphatic carbocycles. The van der Waals surface area contributed by atoms with E-state index in [2.05, 4.69) is 20.8 Å². The molecule has 454 valence electrons. The second-order valence-corrected chi connectivity index (χ2v) is 32.9. The van der Waals surface area contributed by atoms with Crippen molar-refractivity contribution in [1.82, 2.24) is 4.90 Å². The maximum absolute atomic E-state index is 14.1. The normalized spacial score (nSPS) is 40.8. The molecule has 2 N–H and O–H groups in total. The van der Waals surface area contributed by atoms with E-state index in [0.717, 1.165) is 47.3 Å². The summed E-state index contributed by atoms with van der Waals surface area (Å²) in [6, 6.07) is -0.658. The van der Waals surface area contributed by atoms with Gasteiger partial charge in [0.05, 0.1) is 25.2 Å². The van der Waals surface area contributed by atoms with Gasteiger partial charge >= 0.3 is 246 Å². The van der Waals surface area contributed by atoms with Gasteiger partial charge in [-0.3, -0.25) is 9.59 Å². The van der Waals surface area contributed by atoms with E-state index in [1.165, 1.54) is 20.3 Å². The molecule has 79 heavy (non-hydrogen) atoms. The van der Waals surface area contributed by atoms with Gasteiger partial charge in [0.25, 0.3) is 0 Å². The Bertz CT molecular complexity index is 1970. The zero-order valence-electron chi connectivity index (χ0n) is 50.3. The number of methoxy groups -OCH3 is 2. The van der Waals surface area contributed by atoms with Crippen molar-refractivity contribution in [3.63, 3.8) is 0 Å². The topological polar surface area (TPSA) is 223 Å². The van der Waals surface area contributed by atoms with E-state index in [1.54, 1.807) is 26.8 Å².